The molecule has 110 valence electrons. The van der Waals surface area contributed by atoms with Crippen LogP contribution in [0.15, 0.2) is 30.3 Å². The number of carbonyl (C=O) groups is 1. The van der Waals surface area contributed by atoms with Crippen molar-refractivity contribution in [3.63, 3.8) is 0 Å². The summed E-state index contributed by atoms with van der Waals surface area (Å²) in [5.41, 5.74) is 6.43. The average molecular weight is 401 g/mol. The summed E-state index contributed by atoms with van der Waals surface area (Å²) in [6, 6.07) is 8.45. The predicted molar refractivity (Wildman–Crippen MR) is 82.7 cm³/mol. The highest BCUT2D eigenvalue weighted by Crippen LogP contribution is 2.24. The SMILES string of the molecule is NC(=O)c1nc(-c2ccc(OI)cc2)cc([C@H](O)CO)n1. The van der Waals surface area contributed by atoms with E-state index in [0.29, 0.717) is 17.0 Å². The fourth-order valence-electron chi connectivity index (χ4n) is 1.67. The molecule has 1 atom stereocenters. The van der Waals surface area contributed by atoms with E-state index in [0.717, 1.165) is 0 Å². The first-order valence-corrected chi connectivity index (χ1v) is 6.80. The molecule has 8 heteroatoms. The zero-order valence-corrected chi connectivity index (χ0v) is 12.9. The third kappa shape index (κ3) is 3.65. The van der Waals surface area contributed by atoms with Crippen molar-refractivity contribution in [3.8, 4) is 17.0 Å². The number of primary amides is 1. The van der Waals surface area contributed by atoms with E-state index in [1.807, 2.05) is 0 Å². The van der Waals surface area contributed by atoms with Gasteiger partial charge in [0.2, 0.25) is 5.82 Å². The molecule has 0 aliphatic rings. The van der Waals surface area contributed by atoms with Crippen LogP contribution < -0.4 is 8.80 Å². The van der Waals surface area contributed by atoms with Crippen LogP contribution in [0.1, 0.15) is 22.4 Å². The Morgan fingerprint density at radius 2 is 2.00 bits per heavy atom. The van der Waals surface area contributed by atoms with Gasteiger partial charge in [-0.2, -0.15) is 0 Å². The number of aromatic nitrogens is 2. The fraction of sp³-hybridized carbons (Fsp3) is 0.154. The van der Waals surface area contributed by atoms with E-state index in [1.54, 1.807) is 47.3 Å². The van der Waals surface area contributed by atoms with Crippen molar-refractivity contribution in [2.24, 2.45) is 5.73 Å². The molecule has 0 saturated heterocycles. The first-order valence-electron chi connectivity index (χ1n) is 5.92. The number of hydrogen-bond acceptors (Lipinski definition) is 6. The summed E-state index contributed by atoms with van der Waals surface area (Å²) in [5, 5.41) is 18.7. The van der Waals surface area contributed by atoms with Crippen molar-refractivity contribution in [2.45, 2.75) is 6.10 Å². The van der Waals surface area contributed by atoms with E-state index >= 15 is 0 Å². The minimum absolute atomic E-state index is 0.130. The number of aliphatic hydroxyl groups is 2. The van der Waals surface area contributed by atoms with Crippen molar-refractivity contribution in [2.75, 3.05) is 6.61 Å². The van der Waals surface area contributed by atoms with Crippen LogP contribution in [0.2, 0.25) is 0 Å². The Bertz CT molecular complexity index is 648. The van der Waals surface area contributed by atoms with Gasteiger partial charge in [0, 0.05) is 5.56 Å². The van der Waals surface area contributed by atoms with Crippen LogP contribution in [0.3, 0.4) is 0 Å². The van der Waals surface area contributed by atoms with E-state index in [-0.39, 0.29) is 11.5 Å². The van der Waals surface area contributed by atoms with Gasteiger partial charge in [0.1, 0.15) is 11.9 Å². The zero-order valence-electron chi connectivity index (χ0n) is 10.7. The molecule has 0 bridgehead atoms. The number of rotatable bonds is 5. The number of amides is 1. The molecule has 0 fully saturated rings. The van der Waals surface area contributed by atoms with Crippen molar-refractivity contribution in [3.05, 3.63) is 41.9 Å². The molecule has 0 unspecified atom stereocenters. The lowest BCUT2D eigenvalue weighted by molar-refractivity contribution is 0.0909. The lowest BCUT2D eigenvalue weighted by Gasteiger charge is -2.10. The van der Waals surface area contributed by atoms with Crippen LogP contribution >= 0.6 is 23.0 Å². The highest BCUT2D eigenvalue weighted by molar-refractivity contribution is 14.1. The van der Waals surface area contributed by atoms with Gasteiger partial charge < -0.3 is 19.0 Å². The molecule has 4 N–H and O–H groups in total. The Labute approximate surface area is 134 Å². The van der Waals surface area contributed by atoms with Gasteiger partial charge in [0.05, 0.1) is 18.0 Å². The predicted octanol–water partition coefficient (Wildman–Crippen LogP) is 0.997. The third-order valence-electron chi connectivity index (χ3n) is 2.72. The minimum atomic E-state index is -1.21. The van der Waals surface area contributed by atoms with Crippen LogP contribution in [0.25, 0.3) is 11.3 Å². The average Bonchev–Trinajstić information content (AvgIpc) is 2.53. The molecule has 0 spiro atoms. The quantitative estimate of drug-likeness (QED) is 0.644. The van der Waals surface area contributed by atoms with Gasteiger partial charge in [0.15, 0.2) is 23.0 Å². The minimum Gasteiger partial charge on any atom is -0.428 e. The topological polar surface area (TPSA) is 119 Å². The van der Waals surface area contributed by atoms with E-state index in [1.165, 1.54) is 6.07 Å². The van der Waals surface area contributed by atoms with Crippen molar-refractivity contribution in [1.82, 2.24) is 9.97 Å². The monoisotopic (exact) mass is 401 g/mol. The van der Waals surface area contributed by atoms with E-state index in [9.17, 15) is 9.90 Å². The molecular formula is C13H12IN3O4. The molecule has 1 amide bonds. The molecule has 2 aromatic rings. The summed E-state index contributed by atoms with van der Waals surface area (Å²) in [5.74, 6) is -0.362. The van der Waals surface area contributed by atoms with Gasteiger partial charge in [-0.25, -0.2) is 9.97 Å². The molecule has 1 heterocycles. The fourth-order valence-corrected chi connectivity index (χ4v) is 1.96. The lowest BCUT2D eigenvalue weighted by atomic mass is 10.1. The zero-order chi connectivity index (χ0) is 15.4. The van der Waals surface area contributed by atoms with Crippen LogP contribution in [0.4, 0.5) is 0 Å². The van der Waals surface area contributed by atoms with Crippen molar-refractivity contribution >= 4 is 28.9 Å². The molecule has 1 aromatic heterocycles. The summed E-state index contributed by atoms with van der Waals surface area (Å²) in [4.78, 5) is 19.2. The Hall–Kier alpha value is -1.78. The number of hydrogen-bond donors (Lipinski definition) is 3. The van der Waals surface area contributed by atoms with Gasteiger partial charge >= 0.3 is 0 Å². The summed E-state index contributed by atoms with van der Waals surface area (Å²) in [7, 11) is 0. The molecular weight excluding hydrogens is 389 g/mol. The summed E-state index contributed by atoms with van der Waals surface area (Å²) in [6.45, 7) is -0.518. The van der Waals surface area contributed by atoms with E-state index in [4.69, 9.17) is 13.9 Å². The first kappa shape index (κ1) is 15.6. The van der Waals surface area contributed by atoms with Crippen LogP contribution in [-0.2, 0) is 0 Å². The maximum atomic E-state index is 11.3. The number of nitrogens with two attached hydrogens (primary N) is 1. The smallest absolute Gasteiger partial charge is 0.286 e. The van der Waals surface area contributed by atoms with Gasteiger partial charge in [0.25, 0.3) is 5.91 Å². The molecule has 21 heavy (non-hydrogen) atoms. The highest BCUT2D eigenvalue weighted by Gasteiger charge is 2.15. The summed E-state index contributed by atoms with van der Waals surface area (Å²) < 4.78 is 5.04. The van der Waals surface area contributed by atoms with Crippen LogP contribution in [0.5, 0.6) is 5.75 Å². The van der Waals surface area contributed by atoms with E-state index < -0.39 is 18.6 Å². The molecule has 0 radical (unpaired) electrons. The van der Waals surface area contributed by atoms with Crippen LogP contribution in [0, 0.1) is 0 Å². The number of halogens is 1. The largest absolute Gasteiger partial charge is 0.428 e. The number of benzene rings is 1. The second kappa shape index (κ2) is 6.78. The number of aliphatic hydroxyl groups excluding tert-OH is 2. The molecule has 1 aromatic carbocycles. The highest BCUT2D eigenvalue weighted by atomic mass is 127. The van der Waals surface area contributed by atoms with E-state index in [2.05, 4.69) is 9.97 Å². The Balaban J connectivity index is 2.50. The molecule has 0 aliphatic carbocycles. The number of carbonyl (C=O) groups excluding carboxylic acids is 1. The third-order valence-corrected chi connectivity index (χ3v) is 3.23. The Kier molecular flexibility index (Phi) is 5.04. The van der Waals surface area contributed by atoms with Crippen molar-refractivity contribution < 1.29 is 18.1 Å². The second-order valence-corrected chi connectivity index (χ2v) is 4.61. The maximum absolute atomic E-state index is 11.3. The first-order chi connectivity index (χ1) is 10.0. The van der Waals surface area contributed by atoms with Gasteiger partial charge in [-0.15, -0.1) is 0 Å². The van der Waals surface area contributed by atoms with Gasteiger partial charge in [-0.3, -0.25) is 4.79 Å². The van der Waals surface area contributed by atoms with Crippen molar-refractivity contribution in [1.29, 1.82) is 0 Å². The normalized spacial score (nSPS) is 12.0. The summed E-state index contributed by atoms with van der Waals surface area (Å²) in [6.07, 6.45) is -1.21. The Morgan fingerprint density at radius 1 is 1.33 bits per heavy atom. The molecule has 0 saturated carbocycles. The Morgan fingerprint density at radius 3 is 2.52 bits per heavy atom. The standard InChI is InChI=1S/C13H12IN3O4/c14-21-8-3-1-7(2-4-8)9-5-10(11(19)6-18)17-13(16-9)12(15)20/h1-5,11,18-19H,6H2,(H2,15,20)/t11-/m1/s1. The molecule has 7 nitrogen and oxygen atoms in total. The lowest BCUT2D eigenvalue weighted by Crippen LogP contribution is -2.18. The van der Waals surface area contributed by atoms with Crippen LogP contribution in [-0.4, -0.2) is 32.7 Å². The second-order valence-electron chi connectivity index (χ2n) is 4.17. The van der Waals surface area contributed by atoms with Gasteiger partial charge in [-0.1, -0.05) is 0 Å². The summed E-state index contributed by atoms with van der Waals surface area (Å²) >= 11 is 1.76. The molecule has 2 rings (SSSR count). The maximum Gasteiger partial charge on any atom is 0.286 e. The molecule has 0 aliphatic heterocycles. The number of nitrogens with zero attached hydrogens (tertiary/aromatic N) is 2. The van der Waals surface area contributed by atoms with Gasteiger partial charge in [-0.05, 0) is 30.3 Å².